The van der Waals surface area contributed by atoms with Crippen molar-refractivity contribution in [2.24, 2.45) is 0 Å². The molecule has 0 aliphatic carbocycles. The van der Waals surface area contributed by atoms with Gasteiger partial charge in [-0.2, -0.15) is 5.10 Å². The number of benzene rings is 1. The zero-order valence-corrected chi connectivity index (χ0v) is 12.9. The Bertz CT molecular complexity index is 608. The van der Waals surface area contributed by atoms with Crippen molar-refractivity contribution >= 4 is 0 Å². The van der Waals surface area contributed by atoms with Gasteiger partial charge in [-0.3, -0.25) is 9.58 Å². The molecule has 0 saturated heterocycles. The molecule has 21 heavy (non-hydrogen) atoms. The second kappa shape index (κ2) is 6.74. The van der Waals surface area contributed by atoms with Gasteiger partial charge < -0.3 is 10.2 Å². The molecule has 0 fully saturated rings. The molecule has 1 aromatic heterocycles. The molecule has 0 amide bonds. The van der Waals surface area contributed by atoms with Gasteiger partial charge in [0.1, 0.15) is 5.75 Å². The summed E-state index contributed by atoms with van der Waals surface area (Å²) in [6.45, 7) is 6.07. The van der Waals surface area contributed by atoms with Crippen molar-refractivity contribution in [3.63, 3.8) is 0 Å². The highest BCUT2D eigenvalue weighted by Crippen LogP contribution is 2.20. The smallest absolute Gasteiger partial charge is 0.120 e. The van der Waals surface area contributed by atoms with Crippen molar-refractivity contribution in [1.82, 2.24) is 14.7 Å². The van der Waals surface area contributed by atoms with Crippen LogP contribution in [0.2, 0.25) is 0 Å². The number of para-hydroxylation sites is 1. The monoisotopic (exact) mass is 289 g/mol. The summed E-state index contributed by atoms with van der Waals surface area (Å²) >= 11 is 0. The largest absolute Gasteiger partial charge is 0.508 e. The molecule has 0 unspecified atom stereocenters. The minimum absolute atomic E-state index is 0.0924. The van der Waals surface area contributed by atoms with Crippen molar-refractivity contribution in [3.05, 3.63) is 46.8 Å². The molecule has 2 rings (SSSR count). The average Bonchev–Trinajstić information content (AvgIpc) is 2.70. The van der Waals surface area contributed by atoms with Crippen LogP contribution in [0.3, 0.4) is 0 Å². The number of nitrogens with zero attached hydrogens (tertiary/aromatic N) is 3. The van der Waals surface area contributed by atoms with Crippen LogP contribution in [-0.4, -0.2) is 38.5 Å². The molecule has 1 aromatic carbocycles. The molecule has 0 aliphatic heterocycles. The molecule has 2 N–H and O–H groups in total. The van der Waals surface area contributed by atoms with Gasteiger partial charge in [-0.25, -0.2) is 0 Å². The molecule has 0 radical (unpaired) electrons. The number of hydrogen-bond acceptors (Lipinski definition) is 4. The van der Waals surface area contributed by atoms with Crippen LogP contribution >= 0.6 is 0 Å². The van der Waals surface area contributed by atoms with Crippen LogP contribution in [0.15, 0.2) is 24.3 Å². The number of rotatable bonds is 6. The lowest BCUT2D eigenvalue weighted by atomic mass is 10.1. The minimum Gasteiger partial charge on any atom is -0.508 e. The third-order valence-corrected chi connectivity index (χ3v) is 3.70. The van der Waals surface area contributed by atoms with Crippen LogP contribution < -0.4 is 0 Å². The van der Waals surface area contributed by atoms with Gasteiger partial charge in [-0.15, -0.1) is 0 Å². The van der Waals surface area contributed by atoms with E-state index in [1.165, 1.54) is 5.56 Å². The van der Waals surface area contributed by atoms with Gasteiger partial charge >= 0.3 is 0 Å². The Morgan fingerprint density at radius 3 is 2.57 bits per heavy atom. The van der Waals surface area contributed by atoms with Gasteiger partial charge in [0.2, 0.25) is 0 Å². The first-order valence-electron chi connectivity index (χ1n) is 7.12. The first-order chi connectivity index (χ1) is 10.0. The molecule has 1 heterocycles. The predicted octanol–water partition coefficient (Wildman–Crippen LogP) is 1.83. The number of aryl methyl sites for hydroxylation is 1. The Morgan fingerprint density at radius 2 is 1.90 bits per heavy atom. The first kappa shape index (κ1) is 15.5. The summed E-state index contributed by atoms with van der Waals surface area (Å²) in [7, 11) is 2.02. The summed E-state index contributed by atoms with van der Waals surface area (Å²) in [5.74, 6) is 0.328. The fourth-order valence-corrected chi connectivity index (χ4v) is 2.54. The summed E-state index contributed by atoms with van der Waals surface area (Å²) in [6.07, 6.45) is 0. The van der Waals surface area contributed by atoms with Crippen molar-refractivity contribution in [3.8, 4) is 5.75 Å². The van der Waals surface area contributed by atoms with Crippen LogP contribution in [0.1, 0.15) is 22.5 Å². The van der Waals surface area contributed by atoms with E-state index in [9.17, 15) is 5.11 Å². The number of aliphatic hydroxyl groups excluding tert-OH is 1. The van der Waals surface area contributed by atoms with Crippen molar-refractivity contribution in [1.29, 1.82) is 0 Å². The minimum atomic E-state index is 0.0924. The Labute approximate surface area is 125 Å². The number of hydrogen-bond donors (Lipinski definition) is 2. The average molecular weight is 289 g/mol. The Hall–Kier alpha value is -1.85. The number of phenols is 1. The zero-order chi connectivity index (χ0) is 15.4. The highest BCUT2D eigenvalue weighted by molar-refractivity contribution is 5.32. The van der Waals surface area contributed by atoms with Crippen molar-refractivity contribution < 1.29 is 10.2 Å². The molecule has 0 bridgehead atoms. The summed E-state index contributed by atoms with van der Waals surface area (Å²) in [4.78, 5) is 2.15. The summed E-state index contributed by atoms with van der Waals surface area (Å²) in [5, 5.41) is 23.3. The fraction of sp³-hybridized carbons (Fsp3) is 0.438. The van der Waals surface area contributed by atoms with Crippen LogP contribution in [0.5, 0.6) is 5.75 Å². The predicted molar refractivity (Wildman–Crippen MR) is 82.1 cm³/mol. The summed E-state index contributed by atoms with van der Waals surface area (Å²) < 4.78 is 1.85. The van der Waals surface area contributed by atoms with Gasteiger partial charge in [-0.1, -0.05) is 18.2 Å². The van der Waals surface area contributed by atoms with E-state index in [-0.39, 0.29) is 6.61 Å². The maximum atomic E-state index is 9.84. The highest BCUT2D eigenvalue weighted by Gasteiger charge is 2.14. The van der Waals surface area contributed by atoms with Crippen LogP contribution in [0.25, 0.3) is 0 Å². The van der Waals surface area contributed by atoms with Crippen LogP contribution in [0.4, 0.5) is 0 Å². The summed E-state index contributed by atoms with van der Waals surface area (Å²) in [6, 6.07) is 7.39. The molecule has 0 aliphatic rings. The first-order valence-corrected chi connectivity index (χ1v) is 7.12. The maximum Gasteiger partial charge on any atom is 0.120 e. The topological polar surface area (TPSA) is 61.5 Å². The molecular weight excluding hydrogens is 266 g/mol. The Kier molecular flexibility index (Phi) is 4.98. The van der Waals surface area contributed by atoms with Crippen LogP contribution in [0, 0.1) is 13.8 Å². The van der Waals surface area contributed by atoms with E-state index in [4.69, 9.17) is 5.11 Å². The van der Waals surface area contributed by atoms with Gasteiger partial charge in [-0.05, 0) is 27.0 Å². The van der Waals surface area contributed by atoms with E-state index in [0.717, 1.165) is 23.5 Å². The zero-order valence-electron chi connectivity index (χ0n) is 12.9. The summed E-state index contributed by atoms with van der Waals surface area (Å²) in [5.41, 5.74) is 4.18. The fourth-order valence-electron chi connectivity index (χ4n) is 2.54. The van der Waals surface area contributed by atoms with Crippen LogP contribution in [-0.2, 0) is 19.6 Å². The third-order valence-electron chi connectivity index (χ3n) is 3.70. The quantitative estimate of drug-likeness (QED) is 0.851. The van der Waals surface area contributed by atoms with E-state index in [0.29, 0.717) is 18.8 Å². The Morgan fingerprint density at radius 1 is 1.19 bits per heavy atom. The molecule has 5 nitrogen and oxygen atoms in total. The lowest BCUT2D eigenvalue weighted by Crippen LogP contribution is -2.18. The van der Waals surface area contributed by atoms with Gasteiger partial charge in [0, 0.05) is 29.9 Å². The van der Waals surface area contributed by atoms with Crippen molar-refractivity contribution in [2.45, 2.75) is 33.5 Å². The molecule has 0 spiro atoms. The number of phenolic OH excluding ortho intramolecular Hbond substituents is 1. The van der Waals surface area contributed by atoms with E-state index >= 15 is 0 Å². The van der Waals surface area contributed by atoms with E-state index in [2.05, 4.69) is 10.00 Å². The second-order valence-corrected chi connectivity index (χ2v) is 5.40. The molecule has 0 atom stereocenters. The van der Waals surface area contributed by atoms with Gasteiger partial charge in [0.15, 0.2) is 0 Å². The van der Waals surface area contributed by atoms with Gasteiger partial charge in [0.05, 0.1) is 18.8 Å². The second-order valence-electron chi connectivity index (χ2n) is 5.40. The van der Waals surface area contributed by atoms with E-state index < -0.39 is 0 Å². The lowest BCUT2D eigenvalue weighted by Gasteiger charge is -2.17. The van der Waals surface area contributed by atoms with E-state index in [1.807, 2.05) is 43.8 Å². The molecular formula is C16H23N3O2. The maximum absolute atomic E-state index is 9.84. The molecule has 2 aromatic rings. The highest BCUT2D eigenvalue weighted by atomic mass is 16.3. The lowest BCUT2D eigenvalue weighted by molar-refractivity contribution is 0.267. The van der Waals surface area contributed by atoms with Gasteiger partial charge in [0.25, 0.3) is 0 Å². The number of aromatic nitrogens is 2. The molecule has 114 valence electrons. The molecule has 0 saturated carbocycles. The Balaban J connectivity index is 2.09. The SMILES string of the molecule is Cc1nn(CCO)c(C)c1CN(C)Cc1ccccc1O. The number of aromatic hydroxyl groups is 1. The van der Waals surface area contributed by atoms with Crippen molar-refractivity contribution in [2.75, 3.05) is 13.7 Å². The number of aliphatic hydroxyl groups is 1. The normalized spacial score (nSPS) is 11.3. The third kappa shape index (κ3) is 3.62. The standard InChI is InChI=1S/C16H23N3O2/c1-12-15(13(2)19(17-12)8-9-20)11-18(3)10-14-6-4-5-7-16(14)21/h4-7,20-21H,8-11H2,1-3H3. The van der Waals surface area contributed by atoms with E-state index in [1.54, 1.807) is 6.07 Å². The molecule has 5 heteroatoms.